The summed E-state index contributed by atoms with van der Waals surface area (Å²) in [5.74, 6) is 0.695. The van der Waals surface area contributed by atoms with Crippen molar-refractivity contribution < 1.29 is 14.3 Å². The van der Waals surface area contributed by atoms with Gasteiger partial charge in [0, 0.05) is 20.8 Å². The van der Waals surface area contributed by atoms with Crippen LogP contribution in [0.1, 0.15) is 15.9 Å². The Morgan fingerprint density at radius 3 is 2.19 bits per heavy atom. The standard InChI is InChI=1S/C15H11Cl2IO3/c1-20-13-6-9(10(16)7-14(13)21-2)15(19)8-3-4-12(18)11(17)5-8/h3-7H,1-2H3. The molecule has 0 fully saturated rings. The highest BCUT2D eigenvalue weighted by molar-refractivity contribution is 14.1. The monoisotopic (exact) mass is 436 g/mol. The predicted octanol–water partition coefficient (Wildman–Crippen LogP) is 4.85. The zero-order valence-electron chi connectivity index (χ0n) is 11.2. The maximum Gasteiger partial charge on any atom is 0.194 e. The van der Waals surface area contributed by atoms with Gasteiger partial charge in [-0.15, -0.1) is 0 Å². The van der Waals surface area contributed by atoms with Gasteiger partial charge in [0.1, 0.15) is 0 Å². The second kappa shape index (κ2) is 6.85. The molecular formula is C15H11Cl2IO3. The first-order valence-electron chi connectivity index (χ1n) is 5.89. The first-order chi connectivity index (χ1) is 9.97. The summed E-state index contributed by atoms with van der Waals surface area (Å²) in [6.07, 6.45) is 0. The molecule has 21 heavy (non-hydrogen) atoms. The number of hydrogen-bond donors (Lipinski definition) is 0. The Morgan fingerprint density at radius 2 is 1.62 bits per heavy atom. The highest BCUT2D eigenvalue weighted by Gasteiger charge is 2.18. The molecule has 3 nitrogen and oxygen atoms in total. The highest BCUT2D eigenvalue weighted by atomic mass is 127. The first-order valence-corrected chi connectivity index (χ1v) is 7.72. The largest absolute Gasteiger partial charge is 0.493 e. The molecule has 110 valence electrons. The Labute approximate surface area is 146 Å². The molecule has 0 bridgehead atoms. The molecule has 0 aliphatic heterocycles. The van der Waals surface area contributed by atoms with Crippen molar-refractivity contribution in [3.63, 3.8) is 0 Å². The average molecular weight is 437 g/mol. The summed E-state index contributed by atoms with van der Waals surface area (Å²) in [5.41, 5.74) is 0.807. The van der Waals surface area contributed by atoms with Crippen LogP contribution in [0.25, 0.3) is 0 Å². The lowest BCUT2D eigenvalue weighted by atomic mass is 10.0. The summed E-state index contributed by atoms with van der Waals surface area (Å²) in [5, 5.41) is 0.824. The van der Waals surface area contributed by atoms with Gasteiger partial charge in [-0.2, -0.15) is 0 Å². The fourth-order valence-corrected chi connectivity index (χ4v) is 2.58. The van der Waals surface area contributed by atoms with E-state index in [2.05, 4.69) is 22.6 Å². The molecule has 0 saturated heterocycles. The molecule has 0 N–H and O–H groups in total. The van der Waals surface area contributed by atoms with Gasteiger partial charge in [0.05, 0.1) is 24.3 Å². The second-order valence-electron chi connectivity index (χ2n) is 4.15. The fourth-order valence-electron chi connectivity index (χ4n) is 1.82. The van der Waals surface area contributed by atoms with E-state index in [0.29, 0.717) is 32.7 Å². The molecule has 0 aliphatic rings. The lowest BCUT2D eigenvalue weighted by Crippen LogP contribution is -2.04. The molecule has 0 amide bonds. The number of ether oxygens (including phenoxy) is 2. The first kappa shape index (κ1) is 16.4. The van der Waals surface area contributed by atoms with Gasteiger partial charge in [0.15, 0.2) is 17.3 Å². The Hall–Kier alpha value is -0.980. The minimum Gasteiger partial charge on any atom is -0.493 e. The van der Waals surface area contributed by atoms with Gasteiger partial charge < -0.3 is 9.47 Å². The average Bonchev–Trinajstić information content (AvgIpc) is 2.49. The molecule has 0 atom stereocenters. The van der Waals surface area contributed by atoms with E-state index in [1.807, 2.05) is 0 Å². The van der Waals surface area contributed by atoms with Gasteiger partial charge in [-0.1, -0.05) is 23.2 Å². The molecule has 2 aromatic rings. The van der Waals surface area contributed by atoms with Crippen LogP contribution in [0.4, 0.5) is 0 Å². The van der Waals surface area contributed by atoms with E-state index in [0.717, 1.165) is 3.57 Å². The predicted molar refractivity (Wildman–Crippen MR) is 92.2 cm³/mol. The second-order valence-corrected chi connectivity index (χ2v) is 6.12. The summed E-state index contributed by atoms with van der Waals surface area (Å²) in [7, 11) is 3.01. The summed E-state index contributed by atoms with van der Waals surface area (Å²) < 4.78 is 11.2. The van der Waals surface area contributed by atoms with E-state index in [1.165, 1.54) is 14.2 Å². The van der Waals surface area contributed by atoms with Crippen molar-refractivity contribution in [1.82, 2.24) is 0 Å². The molecule has 2 aromatic carbocycles. The SMILES string of the molecule is COc1cc(Cl)c(C(=O)c2ccc(I)c(Cl)c2)cc1OC. The van der Waals surface area contributed by atoms with E-state index in [9.17, 15) is 4.79 Å². The van der Waals surface area contributed by atoms with Crippen LogP contribution in [0.3, 0.4) is 0 Å². The molecule has 6 heteroatoms. The van der Waals surface area contributed by atoms with Gasteiger partial charge in [0.25, 0.3) is 0 Å². The van der Waals surface area contributed by atoms with Crippen molar-refractivity contribution in [1.29, 1.82) is 0 Å². The third-order valence-electron chi connectivity index (χ3n) is 2.90. The molecule has 2 rings (SSSR count). The Kier molecular flexibility index (Phi) is 5.35. The van der Waals surface area contributed by atoms with Gasteiger partial charge >= 0.3 is 0 Å². The zero-order chi connectivity index (χ0) is 15.6. The fraction of sp³-hybridized carbons (Fsp3) is 0.133. The third kappa shape index (κ3) is 3.44. The van der Waals surface area contributed by atoms with Crippen LogP contribution in [0.15, 0.2) is 30.3 Å². The number of hydrogen-bond acceptors (Lipinski definition) is 3. The van der Waals surface area contributed by atoms with E-state index >= 15 is 0 Å². The zero-order valence-corrected chi connectivity index (χ0v) is 14.9. The molecule has 0 aromatic heterocycles. The molecular weight excluding hydrogens is 426 g/mol. The van der Waals surface area contributed by atoms with Crippen LogP contribution < -0.4 is 9.47 Å². The number of rotatable bonds is 4. The maximum atomic E-state index is 12.6. The lowest BCUT2D eigenvalue weighted by Gasteiger charge is -2.11. The summed E-state index contributed by atoms with van der Waals surface area (Å²) >= 11 is 14.3. The van der Waals surface area contributed by atoms with Crippen molar-refractivity contribution in [3.05, 3.63) is 55.1 Å². The van der Waals surface area contributed by atoms with Crippen molar-refractivity contribution >= 4 is 51.6 Å². The van der Waals surface area contributed by atoms with Crippen LogP contribution in [0, 0.1) is 3.57 Å². The number of benzene rings is 2. The Morgan fingerprint density at radius 1 is 1.00 bits per heavy atom. The van der Waals surface area contributed by atoms with E-state index in [1.54, 1.807) is 30.3 Å². The van der Waals surface area contributed by atoms with Gasteiger partial charge in [-0.25, -0.2) is 0 Å². The van der Waals surface area contributed by atoms with Gasteiger partial charge in [-0.05, 0) is 46.9 Å². The summed E-state index contributed by atoms with van der Waals surface area (Å²) in [6.45, 7) is 0. The summed E-state index contributed by atoms with van der Waals surface area (Å²) in [6, 6.07) is 8.24. The highest BCUT2D eigenvalue weighted by Crippen LogP contribution is 2.34. The number of ketones is 1. The number of carbonyl (C=O) groups excluding carboxylic acids is 1. The number of halogens is 3. The lowest BCUT2D eigenvalue weighted by molar-refractivity contribution is 0.103. The molecule has 0 aliphatic carbocycles. The van der Waals surface area contributed by atoms with Gasteiger partial charge in [0.2, 0.25) is 0 Å². The quantitative estimate of drug-likeness (QED) is 0.507. The Balaban J connectivity index is 2.50. The third-order valence-corrected chi connectivity index (χ3v) is 4.78. The Bertz CT molecular complexity index is 702. The molecule has 0 unspecified atom stereocenters. The van der Waals surface area contributed by atoms with Crippen molar-refractivity contribution in [3.8, 4) is 11.5 Å². The molecule has 0 heterocycles. The van der Waals surface area contributed by atoms with E-state index in [4.69, 9.17) is 32.7 Å². The van der Waals surface area contributed by atoms with Crippen molar-refractivity contribution in [2.24, 2.45) is 0 Å². The van der Waals surface area contributed by atoms with Crippen LogP contribution in [0.5, 0.6) is 11.5 Å². The van der Waals surface area contributed by atoms with E-state index < -0.39 is 0 Å². The molecule has 0 spiro atoms. The minimum atomic E-state index is -0.223. The number of methoxy groups -OCH3 is 2. The summed E-state index contributed by atoms with van der Waals surface area (Å²) in [4.78, 5) is 12.6. The minimum absolute atomic E-state index is 0.223. The normalized spacial score (nSPS) is 10.3. The van der Waals surface area contributed by atoms with Gasteiger partial charge in [-0.3, -0.25) is 4.79 Å². The number of carbonyl (C=O) groups is 1. The van der Waals surface area contributed by atoms with Crippen LogP contribution in [-0.4, -0.2) is 20.0 Å². The maximum absolute atomic E-state index is 12.6. The van der Waals surface area contributed by atoms with E-state index in [-0.39, 0.29) is 5.78 Å². The van der Waals surface area contributed by atoms with Crippen LogP contribution in [0.2, 0.25) is 10.0 Å². The topological polar surface area (TPSA) is 35.5 Å². The van der Waals surface area contributed by atoms with Crippen molar-refractivity contribution in [2.45, 2.75) is 0 Å². The van der Waals surface area contributed by atoms with Crippen LogP contribution >= 0.6 is 45.8 Å². The smallest absolute Gasteiger partial charge is 0.194 e. The molecule has 0 radical (unpaired) electrons. The van der Waals surface area contributed by atoms with Crippen molar-refractivity contribution in [2.75, 3.05) is 14.2 Å². The van der Waals surface area contributed by atoms with Crippen LogP contribution in [-0.2, 0) is 0 Å². The molecule has 0 saturated carbocycles.